The van der Waals surface area contributed by atoms with Crippen LogP contribution in [0.15, 0.2) is 0 Å². The molecule has 0 aliphatic carbocycles. The van der Waals surface area contributed by atoms with E-state index >= 15 is 0 Å². The molecule has 14 heavy (non-hydrogen) atoms. The van der Waals surface area contributed by atoms with E-state index < -0.39 is 0 Å². The SMILES string of the molecule is COC(=O)CCBr.COC(=O)CCI. The molecule has 0 heterocycles. The number of methoxy groups -OCH3 is 2. The van der Waals surface area contributed by atoms with Crippen LogP contribution in [0.2, 0.25) is 0 Å². The summed E-state index contributed by atoms with van der Waals surface area (Å²) in [5.74, 6) is -0.300. The topological polar surface area (TPSA) is 52.6 Å². The van der Waals surface area contributed by atoms with Gasteiger partial charge in [0.2, 0.25) is 0 Å². The maximum Gasteiger partial charge on any atom is 0.306 e. The molecule has 0 rings (SSSR count). The molecule has 6 heteroatoms. The summed E-state index contributed by atoms with van der Waals surface area (Å²) in [4.78, 5) is 20.3. The lowest BCUT2D eigenvalue weighted by molar-refractivity contribution is -0.140. The smallest absolute Gasteiger partial charge is 0.306 e. The van der Waals surface area contributed by atoms with Gasteiger partial charge in [-0.15, -0.1) is 0 Å². The first-order valence-electron chi connectivity index (χ1n) is 3.87. The molecule has 0 aromatic rings. The molecule has 0 unspecified atom stereocenters. The number of ether oxygens (including phenoxy) is 2. The predicted molar refractivity (Wildman–Crippen MR) is 65.9 cm³/mol. The molecule has 0 aliphatic rings. The third-order valence-electron chi connectivity index (χ3n) is 1.05. The highest BCUT2D eigenvalue weighted by atomic mass is 127. The van der Waals surface area contributed by atoms with Crippen molar-refractivity contribution in [1.82, 2.24) is 0 Å². The number of hydrogen-bond donors (Lipinski definition) is 0. The summed E-state index contributed by atoms with van der Waals surface area (Å²) in [6, 6.07) is 0. The van der Waals surface area contributed by atoms with Gasteiger partial charge in [-0.2, -0.15) is 0 Å². The lowest BCUT2D eigenvalue weighted by atomic mass is 10.5. The number of rotatable bonds is 4. The average molecular weight is 381 g/mol. The van der Waals surface area contributed by atoms with E-state index in [1.54, 1.807) is 0 Å². The van der Waals surface area contributed by atoms with E-state index in [0.717, 1.165) is 4.43 Å². The van der Waals surface area contributed by atoms with E-state index in [2.05, 4.69) is 48.0 Å². The molecule has 4 nitrogen and oxygen atoms in total. The van der Waals surface area contributed by atoms with Crippen molar-refractivity contribution in [1.29, 1.82) is 0 Å². The molecule has 84 valence electrons. The van der Waals surface area contributed by atoms with E-state index in [4.69, 9.17) is 0 Å². The highest BCUT2D eigenvalue weighted by Crippen LogP contribution is 1.89. The van der Waals surface area contributed by atoms with Crippen LogP contribution < -0.4 is 0 Å². The number of esters is 2. The molecule has 0 radical (unpaired) electrons. The predicted octanol–water partition coefficient (Wildman–Crippen LogP) is 1.93. The summed E-state index contributed by atoms with van der Waals surface area (Å²) in [7, 11) is 2.78. The number of alkyl halides is 2. The normalized spacial score (nSPS) is 8.29. The lowest BCUT2D eigenvalue weighted by Crippen LogP contribution is -1.99. The third kappa shape index (κ3) is 14.7. The Morgan fingerprint density at radius 1 is 1.14 bits per heavy atom. The molecule has 0 bridgehead atoms. The first kappa shape index (κ1) is 16.6. The Balaban J connectivity index is 0. The summed E-state index contributed by atoms with van der Waals surface area (Å²) >= 11 is 5.22. The van der Waals surface area contributed by atoms with Gasteiger partial charge in [0.1, 0.15) is 0 Å². The van der Waals surface area contributed by atoms with Crippen molar-refractivity contribution in [3.05, 3.63) is 0 Å². The zero-order valence-corrected chi connectivity index (χ0v) is 12.0. The molecule has 0 saturated heterocycles. The Morgan fingerprint density at radius 2 is 1.57 bits per heavy atom. The second-order valence-electron chi connectivity index (χ2n) is 2.03. The van der Waals surface area contributed by atoms with Crippen molar-refractivity contribution in [2.45, 2.75) is 12.8 Å². The van der Waals surface area contributed by atoms with Gasteiger partial charge in [-0.25, -0.2) is 0 Å². The summed E-state index contributed by atoms with van der Waals surface area (Å²) in [5.41, 5.74) is 0. The Kier molecular flexibility index (Phi) is 15.6. The van der Waals surface area contributed by atoms with Crippen molar-refractivity contribution < 1.29 is 19.1 Å². The fourth-order valence-corrected chi connectivity index (χ4v) is 1.12. The van der Waals surface area contributed by atoms with Gasteiger partial charge in [-0.3, -0.25) is 9.59 Å². The van der Waals surface area contributed by atoms with E-state index in [0.29, 0.717) is 18.2 Å². The van der Waals surface area contributed by atoms with Crippen molar-refractivity contribution >= 4 is 50.5 Å². The first-order chi connectivity index (χ1) is 6.62. The molecule has 0 amide bonds. The van der Waals surface area contributed by atoms with Crippen LogP contribution in [-0.2, 0) is 19.1 Å². The van der Waals surface area contributed by atoms with Crippen LogP contribution in [0.5, 0.6) is 0 Å². The van der Waals surface area contributed by atoms with Crippen LogP contribution in [0.3, 0.4) is 0 Å². The number of halogens is 2. The minimum atomic E-state index is -0.170. The van der Waals surface area contributed by atoms with E-state index in [1.807, 2.05) is 0 Å². The van der Waals surface area contributed by atoms with Gasteiger partial charge in [-0.1, -0.05) is 38.5 Å². The van der Waals surface area contributed by atoms with Crippen LogP contribution >= 0.6 is 38.5 Å². The molecule has 0 saturated carbocycles. The van der Waals surface area contributed by atoms with Crippen LogP contribution in [-0.4, -0.2) is 35.9 Å². The maximum absolute atomic E-state index is 10.2. The Hall–Kier alpha value is 0.150. The third-order valence-corrected chi connectivity index (χ3v) is 1.99. The van der Waals surface area contributed by atoms with Crippen molar-refractivity contribution in [3.8, 4) is 0 Å². The molecule has 0 atom stereocenters. The molecular weight excluding hydrogens is 367 g/mol. The summed E-state index contributed by atoms with van der Waals surface area (Å²) in [6.45, 7) is 0. The largest absolute Gasteiger partial charge is 0.469 e. The van der Waals surface area contributed by atoms with Gasteiger partial charge in [0.05, 0.1) is 27.1 Å². The van der Waals surface area contributed by atoms with Gasteiger partial charge < -0.3 is 9.47 Å². The van der Waals surface area contributed by atoms with E-state index in [1.165, 1.54) is 14.2 Å². The summed E-state index contributed by atoms with van der Waals surface area (Å²) in [5, 5.41) is 0.680. The van der Waals surface area contributed by atoms with Crippen LogP contribution in [0, 0.1) is 0 Å². The molecule has 0 aliphatic heterocycles. The molecule has 0 aromatic heterocycles. The number of carbonyl (C=O) groups is 2. The van der Waals surface area contributed by atoms with Gasteiger partial charge in [0, 0.05) is 9.76 Å². The van der Waals surface area contributed by atoms with E-state index in [9.17, 15) is 9.59 Å². The maximum atomic E-state index is 10.2. The minimum Gasteiger partial charge on any atom is -0.469 e. The lowest BCUT2D eigenvalue weighted by Gasteiger charge is -1.90. The van der Waals surface area contributed by atoms with Gasteiger partial charge >= 0.3 is 11.9 Å². The Morgan fingerprint density at radius 3 is 1.71 bits per heavy atom. The second-order valence-corrected chi connectivity index (χ2v) is 3.90. The van der Waals surface area contributed by atoms with Gasteiger partial charge in [0.25, 0.3) is 0 Å². The Labute approximate surface area is 106 Å². The Bertz CT molecular complexity index is 145. The molecule has 0 N–H and O–H groups in total. The molecule has 0 fully saturated rings. The molecule has 0 aromatic carbocycles. The fourth-order valence-electron chi connectivity index (χ4n) is 0.358. The summed E-state index contributed by atoms with van der Waals surface area (Å²) in [6.07, 6.45) is 0.980. The average Bonchev–Trinajstić information content (AvgIpc) is 2.19. The monoisotopic (exact) mass is 380 g/mol. The zero-order chi connectivity index (χ0) is 11.4. The van der Waals surface area contributed by atoms with E-state index in [-0.39, 0.29) is 11.9 Å². The quantitative estimate of drug-likeness (QED) is 0.425. The second kappa shape index (κ2) is 13.2. The van der Waals surface area contributed by atoms with Crippen molar-refractivity contribution in [2.24, 2.45) is 0 Å². The van der Waals surface area contributed by atoms with Crippen molar-refractivity contribution in [3.63, 3.8) is 0 Å². The van der Waals surface area contributed by atoms with Crippen LogP contribution in [0.1, 0.15) is 12.8 Å². The molecule has 0 spiro atoms. The first-order valence-corrected chi connectivity index (χ1v) is 6.52. The fraction of sp³-hybridized carbons (Fsp3) is 0.750. The highest BCUT2D eigenvalue weighted by molar-refractivity contribution is 14.1. The standard InChI is InChI=1S/C4H7BrO2.C4H7IO2/c2*1-7-4(6)2-3-5/h2*2-3H2,1H3. The van der Waals surface area contributed by atoms with Crippen LogP contribution in [0.4, 0.5) is 0 Å². The molecular formula is C8H14BrIO4. The minimum absolute atomic E-state index is 0.130. The van der Waals surface area contributed by atoms with Crippen LogP contribution in [0.25, 0.3) is 0 Å². The zero-order valence-electron chi connectivity index (χ0n) is 8.22. The van der Waals surface area contributed by atoms with Crippen molar-refractivity contribution in [2.75, 3.05) is 24.0 Å². The van der Waals surface area contributed by atoms with Gasteiger partial charge in [0.15, 0.2) is 0 Å². The van der Waals surface area contributed by atoms with Gasteiger partial charge in [-0.05, 0) is 0 Å². The highest BCUT2D eigenvalue weighted by Gasteiger charge is 1.94. The number of carbonyl (C=O) groups excluding carboxylic acids is 2. The number of hydrogen-bond acceptors (Lipinski definition) is 4. The summed E-state index contributed by atoms with van der Waals surface area (Å²) < 4.78 is 9.51.